The Morgan fingerprint density at radius 1 is 1.36 bits per heavy atom. The summed E-state index contributed by atoms with van der Waals surface area (Å²) < 4.78 is 38.8. The van der Waals surface area contributed by atoms with Crippen LogP contribution >= 0.6 is 0 Å². The molecule has 0 bridgehead atoms. The Labute approximate surface area is 128 Å². The van der Waals surface area contributed by atoms with Crippen LogP contribution in [0.1, 0.15) is 13.8 Å². The van der Waals surface area contributed by atoms with Gasteiger partial charge in [-0.1, -0.05) is 0 Å². The summed E-state index contributed by atoms with van der Waals surface area (Å²) >= 11 is 0. The molecule has 8 heteroatoms. The van der Waals surface area contributed by atoms with Gasteiger partial charge >= 0.3 is 5.76 Å². The summed E-state index contributed by atoms with van der Waals surface area (Å²) in [6, 6.07) is 4.32. The van der Waals surface area contributed by atoms with Gasteiger partial charge in [-0.25, -0.2) is 13.2 Å². The van der Waals surface area contributed by atoms with Crippen molar-refractivity contribution in [3.8, 4) is 0 Å². The molecule has 1 saturated heterocycles. The Kier molecular flexibility index (Phi) is 3.84. The number of morpholine rings is 1. The predicted molar refractivity (Wildman–Crippen MR) is 80.3 cm³/mol. The maximum Gasteiger partial charge on any atom is 0.419 e. The number of hydrogen-bond acceptors (Lipinski definition) is 5. The SMILES string of the molecule is CCn1c(=O)oc2cc(S(=O)(=O)N3CCOCC3C)ccc21. The van der Waals surface area contributed by atoms with Crippen LogP contribution in [0.5, 0.6) is 0 Å². The van der Waals surface area contributed by atoms with Gasteiger partial charge in [0, 0.05) is 25.2 Å². The lowest BCUT2D eigenvalue weighted by atomic mass is 10.3. The molecule has 1 aromatic heterocycles. The molecule has 0 spiro atoms. The Balaban J connectivity index is 2.07. The highest BCUT2D eigenvalue weighted by Crippen LogP contribution is 2.24. The number of ether oxygens (including phenoxy) is 1. The molecular weight excluding hydrogens is 308 g/mol. The maximum atomic E-state index is 12.7. The van der Waals surface area contributed by atoms with Crippen LogP contribution in [-0.4, -0.2) is 43.1 Å². The monoisotopic (exact) mass is 326 g/mol. The fraction of sp³-hybridized carbons (Fsp3) is 0.500. The second-order valence-electron chi connectivity index (χ2n) is 5.28. The molecule has 0 radical (unpaired) electrons. The van der Waals surface area contributed by atoms with Crippen LogP contribution in [-0.2, 0) is 21.3 Å². The predicted octanol–water partition coefficient (Wildman–Crippen LogP) is 1.02. The number of nitrogens with zero attached hydrogens (tertiary/aromatic N) is 2. The largest absolute Gasteiger partial charge is 0.419 e. The minimum absolute atomic E-state index is 0.130. The second-order valence-corrected chi connectivity index (χ2v) is 7.17. The molecule has 1 aliphatic rings. The minimum atomic E-state index is -3.63. The third kappa shape index (κ3) is 2.37. The number of hydrogen-bond donors (Lipinski definition) is 0. The summed E-state index contributed by atoms with van der Waals surface area (Å²) in [6.45, 7) is 5.19. The van der Waals surface area contributed by atoms with Crippen molar-refractivity contribution in [3.05, 3.63) is 28.7 Å². The van der Waals surface area contributed by atoms with E-state index in [1.165, 1.54) is 21.0 Å². The van der Waals surface area contributed by atoms with Gasteiger partial charge in [-0.15, -0.1) is 0 Å². The highest BCUT2D eigenvalue weighted by molar-refractivity contribution is 7.89. The van der Waals surface area contributed by atoms with E-state index >= 15 is 0 Å². The summed E-state index contributed by atoms with van der Waals surface area (Å²) in [4.78, 5) is 11.8. The molecule has 1 atom stereocenters. The van der Waals surface area contributed by atoms with E-state index in [0.29, 0.717) is 31.8 Å². The van der Waals surface area contributed by atoms with E-state index in [-0.39, 0.29) is 16.5 Å². The number of aromatic nitrogens is 1. The van der Waals surface area contributed by atoms with Crippen molar-refractivity contribution < 1.29 is 17.6 Å². The molecule has 0 saturated carbocycles. The van der Waals surface area contributed by atoms with Crippen LogP contribution in [0.3, 0.4) is 0 Å². The van der Waals surface area contributed by atoms with Crippen LogP contribution in [0.4, 0.5) is 0 Å². The van der Waals surface area contributed by atoms with Crippen LogP contribution in [0.15, 0.2) is 32.3 Å². The zero-order chi connectivity index (χ0) is 15.9. The average molecular weight is 326 g/mol. The van der Waals surface area contributed by atoms with Gasteiger partial charge in [0.05, 0.1) is 23.6 Å². The van der Waals surface area contributed by atoms with E-state index in [9.17, 15) is 13.2 Å². The first kappa shape index (κ1) is 15.3. The smallest absolute Gasteiger partial charge is 0.408 e. The number of oxazole rings is 1. The lowest BCUT2D eigenvalue weighted by molar-refractivity contribution is 0.0393. The standard InChI is InChI=1S/C14H18N2O5S/c1-3-15-12-5-4-11(8-13(12)21-14(15)17)22(18,19)16-6-7-20-9-10(16)2/h4-5,8,10H,3,6-7,9H2,1-2H3. The normalized spacial score (nSPS) is 20.5. The third-order valence-electron chi connectivity index (χ3n) is 3.87. The van der Waals surface area contributed by atoms with Crippen molar-refractivity contribution in [1.82, 2.24) is 8.87 Å². The van der Waals surface area contributed by atoms with Gasteiger partial charge in [-0.2, -0.15) is 4.31 Å². The van der Waals surface area contributed by atoms with Crippen LogP contribution in [0.25, 0.3) is 11.1 Å². The molecule has 2 heterocycles. The van der Waals surface area contributed by atoms with Crippen molar-refractivity contribution in [2.24, 2.45) is 0 Å². The topological polar surface area (TPSA) is 81.8 Å². The van der Waals surface area contributed by atoms with Gasteiger partial charge in [0.1, 0.15) is 0 Å². The number of rotatable bonds is 3. The Morgan fingerprint density at radius 2 is 2.14 bits per heavy atom. The number of aryl methyl sites for hydroxylation is 1. The molecule has 2 aromatic rings. The van der Waals surface area contributed by atoms with Gasteiger partial charge in [0.15, 0.2) is 5.58 Å². The summed E-state index contributed by atoms with van der Waals surface area (Å²) in [5, 5.41) is 0. The molecule has 0 aliphatic carbocycles. The van der Waals surface area contributed by atoms with Gasteiger partial charge in [-0.3, -0.25) is 4.57 Å². The van der Waals surface area contributed by atoms with Gasteiger partial charge in [0.2, 0.25) is 10.0 Å². The first-order valence-electron chi connectivity index (χ1n) is 7.18. The summed E-state index contributed by atoms with van der Waals surface area (Å²) in [7, 11) is -3.63. The summed E-state index contributed by atoms with van der Waals surface area (Å²) in [5.74, 6) is -0.480. The van der Waals surface area contributed by atoms with E-state index < -0.39 is 15.8 Å². The first-order valence-corrected chi connectivity index (χ1v) is 8.62. The van der Waals surface area contributed by atoms with Crippen LogP contribution < -0.4 is 5.76 Å². The fourth-order valence-corrected chi connectivity index (χ4v) is 4.33. The molecule has 0 amide bonds. The van der Waals surface area contributed by atoms with Crippen molar-refractivity contribution in [1.29, 1.82) is 0 Å². The highest BCUT2D eigenvalue weighted by Gasteiger charge is 2.32. The van der Waals surface area contributed by atoms with Crippen molar-refractivity contribution >= 4 is 21.1 Å². The van der Waals surface area contributed by atoms with Crippen molar-refractivity contribution in [2.75, 3.05) is 19.8 Å². The van der Waals surface area contributed by atoms with Crippen molar-refractivity contribution in [2.45, 2.75) is 31.3 Å². The molecule has 7 nitrogen and oxygen atoms in total. The lowest BCUT2D eigenvalue weighted by Gasteiger charge is -2.32. The second kappa shape index (κ2) is 5.53. The van der Waals surface area contributed by atoms with E-state index in [1.54, 1.807) is 6.07 Å². The van der Waals surface area contributed by atoms with Gasteiger partial charge in [0.25, 0.3) is 0 Å². The zero-order valence-corrected chi connectivity index (χ0v) is 13.3. The molecule has 3 rings (SSSR count). The Morgan fingerprint density at radius 3 is 2.82 bits per heavy atom. The van der Waals surface area contributed by atoms with Crippen LogP contribution in [0.2, 0.25) is 0 Å². The lowest BCUT2D eigenvalue weighted by Crippen LogP contribution is -2.46. The Bertz CT molecular complexity index is 852. The van der Waals surface area contributed by atoms with E-state index in [0.717, 1.165) is 0 Å². The summed E-state index contributed by atoms with van der Waals surface area (Å²) in [6.07, 6.45) is 0. The molecule has 1 unspecified atom stereocenters. The molecule has 1 aliphatic heterocycles. The number of benzene rings is 1. The Hall–Kier alpha value is -1.64. The summed E-state index contributed by atoms with van der Waals surface area (Å²) in [5.41, 5.74) is 0.885. The first-order chi connectivity index (χ1) is 10.4. The van der Waals surface area contributed by atoms with E-state index in [4.69, 9.17) is 9.15 Å². The fourth-order valence-electron chi connectivity index (χ4n) is 2.71. The maximum absolute atomic E-state index is 12.7. The molecule has 1 fully saturated rings. The van der Waals surface area contributed by atoms with E-state index in [1.807, 2.05) is 13.8 Å². The van der Waals surface area contributed by atoms with Gasteiger partial charge in [-0.05, 0) is 26.0 Å². The molecule has 0 N–H and O–H groups in total. The molecule has 22 heavy (non-hydrogen) atoms. The van der Waals surface area contributed by atoms with E-state index in [2.05, 4.69) is 0 Å². The van der Waals surface area contributed by atoms with Crippen molar-refractivity contribution in [3.63, 3.8) is 0 Å². The number of sulfonamides is 1. The molecule has 1 aromatic carbocycles. The molecule has 120 valence electrons. The molecular formula is C14H18N2O5S. The highest BCUT2D eigenvalue weighted by atomic mass is 32.2. The quantitative estimate of drug-likeness (QED) is 0.841. The minimum Gasteiger partial charge on any atom is -0.408 e. The zero-order valence-electron chi connectivity index (χ0n) is 12.5. The van der Waals surface area contributed by atoms with Gasteiger partial charge < -0.3 is 9.15 Å². The average Bonchev–Trinajstić information content (AvgIpc) is 2.81. The van der Waals surface area contributed by atoms with Crippen LogP contribution in [0, 0.1) is 0 Å². The third-order valence-corrected chi connectivity index (χ3v) is 5.88. The number of fused-ring (bicyclic) bond motifs is 1.